The lowest BCUT2D eigenvalue weighted by Crippen LogP contribution is -2.27. The summed E-state index contributed by atoms with van der Waals surface area (Å²) in [6.07, 6.45) is 9.79. The van der Waals surface area contributed by atoms with Crippen LogP contribution in [0.3, 0.4) is 0 Å². The molecule has 0 saturated heterocycles. The molecule has 0 aromatic carbocycles. The van der Waals surface area contributed by atoms with Gasteiger partial charge in [-0.05, 0) is 44.7 Å². The van der Waals surface area contributed by atoms with Gasteiger partial charge in [-0.3, -0.25) is 0 Å². The van der Waals surface area contributed by atoms with Crippen LogP contribution in [0.5, 0.6) is 0 Å². The van der Waals surface area contributed by atoms with E-state index in [1.807, 2.05) is 0 Å². The minimum atomic E-state index is 0.567. The molecule has 16 heavy (non-hydrogen) atoms. The van der Waals surface area contributed by atoms with Gasteiger partial charge in [0.05, 0.1) is 6.10 Å². The van der Waals surface area contributed by atoms with Crippen molar-refractivity contribution in [3.8, 4) is 0 Å². The Kier molecular flexibility index (Phi) is 7.87. The molecule has 0 aromatic heterocycles. The quantitative estimate of drug-likeness (QED) is 0.642. The predicted molar refractivity (Wildman–Crippen MR) is 69.8 cm³/mol. The number of unbranched alkanes of at least 4 members (excludes halogenated alkanes) is 1. The van der Waals surface area contributed by atoms with E-state index in [1.165, 1.54) is 44.9 Å². The highest BCUT2D eigenvalue weighted by Crippen LogP contribution is 2.29. The molecule has 0 spiro atoms. The topological polar surface area (TPSA) is 21.3 Å². The maximum absolute atomic E-state index is 6.04. The molecular formula is C14H29NO. The summed E-state index contributed by atoms with van der Waals surface area (Å²) in [6.45, 7) is 7.65. The number of hydrogen-bond acceptors (Lipinski definition) is 2. The molecule has 0 aromatic rings. The molecule has 1 rings (SSSR count). The Morgan fingerprint density at radius 2 is 1.94 bits per heavy atom. The summed E-state index contributed by atoms with van der Waals surface area (Å²) in [5, 5.41) is 3.35. The first-order chi connectivity index (χ1) is 7.88. The Labute approximate surface area is 101 Å². The van der Waals surface area contributed by atoms with Crippen molar-refractivity contribution in [2.24, 2.45) is 5.92 Å². The van der Waals surface area contributed by atoms with E-state index in [1.54, 1.807) is 0 Å². The summed E-state index contributed by atoms with van der Waals surface area (Å²) in [7, 11) is 0. The van der Waals surface area contributed by atoms with Crippen molar-refractivity contribution < 1.29 is 4.74 Å². The van der Waals surface area contributed by atoms with Gasteiger partial charge in [0, 0.05) is 6.61 Å². The van der Waals surface area contributed by atoms with E-state index in [9.17, 15) is 0 Å². The van der Waals surface area contributed by atoms with Gasteiger partial charge >= 0.3 is 0 Å². The van der Waals surface area contributed by atoms with Crippen molar-refractivity contribution in [3.63, 3.8) is 0 Å². The van der Waals surface area contributed by atoms with Crippen LogP contribution in [0.1, 0.15) is 58.8 Å². The SMILES string of the molecule is CCNCCCCOC1CCCCC1CC. The fourth-order valence-electron chi connectivity index (χ4n) is 2.62. The van der Waals surface area contributed by atoms with E-state index in [-0.39, 0.29) is 0 Å². The van der Waals surface area contributed by atoms with Crippen LogP contribution in [0.4, 0.5) is 0 Å². The lowest BCUT2D eigenvalue weighted by atomic mass is 9.85. The Bertz CT molecular complexity index is 161. The van der Waals surface area contributed by atoms with Crippen molar-refractivity contribution in [3.05, 3.63) is 0 Å². The van der Waals surface area contributed by atoms with Crippen LogP contribution in [0.25, 0.3) is 0 Å². The van der Waals surface area contributed by atoms with Crippen LogP contribution >= 0.6 is 0 Å². The normalized spacial score (nSPS) is 25.9. The van der Waals surface area contributed by atoms with Crippen LogP contribution in [-0.4, -0.2) is 25.8 Å². The number of nitrogens with one attached hydrogen (secondary N) is 1. The van der Waals surface area contributed by atoms with Gasteiger partial charge in [0.15, 0.2) is 0 Å². The predicted octanol–water partition coefficient (Wildman–Crippen LogP) is 3.36. The third kappa shape index (κ3) is 5.31. The zero-order chi connectivity index (χ0) is 11.6. The molecule has 0 amide bonds. The molecule has 2 nitrogen and oxygen atoms in total. The Hall–Kier alpha value is -0.0800. The van der Waals surface area contributed by atoms with Gasteiger partial charge in [-0.15, -0.1) is 0 Å². The highest BCUT2D eigenvalue weighted by Gasteiger charge is 2.23. The van der Waals surface area contributed by atoms with E-state index >= 15 is 0 Å². The summed E-state index contributed by atoms with van der Waals surface area (Å²) < 4.78 is 6.04. The second-order valence-corrected chi connectivity index (χ2v) is 4.92. The van der Waals surface area contributed by atoms with Crippen LogP contribution in [0.15, 0.2) is 0 Å². The van der Waals surface area contributed by atoms with E-state index in [0.29, 0.717) is 6.10 Å². The monoisotopic (exact) mass is 227 g/mol. The van der Waals surface area contributed by atoms with Crippen molar-refractivity contribution in [1.82, 2.24) is 5.32 Å². The van der Waals surface area contributed by atoms with Gasteiger partial charge in [0.25, 0.3) is 0 Å². The van der Waals surface area contributed by atoms with Crippen LogP contribution in [0.2, 0.25) is 0 Å². The van der Waals surface area contributed by atoms with Gasteiger partial charge in [0.1, 0.15) is 0 Å². The fraction of sp³-hybridized carbons (Fsp3) is 1.00. The smallest absolute Gasteiger partial charge is 0.0603 e. The molecule has 1 saturated carbocycles. The van der Waals surface area contributed by atoms with Gasteiger partial charge in [-0.1, -0.05) is 33.1 Å². The molecule has 1 aliphatic rings. The maximum Gasteiger partial charge on any atom is 0.0603 e. The minimum absolute atomic E-state index is 0.567. The molecule has 0 heterocycles. The number of hydrogen-bond donors (Lipinski definition) is 1. The third-order valence-electron chi connectivity index (χ3n) is 3.69. The summed E-state index contributed by atoms with van der Waals surface area (Å²) >= 11 is 0. The first kappa shape index (κ1) is 14.0. The zero-order valence-electron chi connectivity index (χ0n) is 11.1. The third-order valence-corrected chi connectivity index (χ3v) is 3.69. The Morgan fingerprint density at radius 3 is 2.69 bits per heavy atom. The van der Waals surface area contributed by atoms with Crippen molar-refractivity contribution in [2.75, 3.05) is 19.7 Å². The molecule has 1 aliphatic carbocycles. The molecule has 0 radical (unpaired) electrons. The highest BCUT2D eigenvalue weighted by molar-refractivity contribution is 4.74. The Balaban J connectivity index is 2.02. The molecule has 2 unspecified atom stereocenters. The van der Waals surface area contributed by atoms with Crippen LogP contribution in [-0.2, 0) is 4.74 Å². The lowest BCUT2D eigenvalue weighted by Gasteiger charge is -2.30. The van der Waals surface area contributed by atoms with Gasteiger partial charge in [0.2, 0.25) is 0 Å². The number of rotatable bonds is 8. The second kappa shape index (κ2) is 9.00. The van der Waals surface area contributed by atoms with E-state index < -0.39 is 0 Å². The van der Waals surface area contributed by atoms with Crippen LogP contribution < -0.4 is 5.32 Å². The van der Waals surface area contributed by atoms with Gasteiger partial charge < -0.3 is 10.1 Å². The summed E-state index contributed by atoms with van der Waals surface area (Å²) in [5.74, 6) is 0.836. The second-order valence-electron chi connectivity index (χ2n) is 4.92. The molecule has 2 atom stereocenters. The minimum Gasteiger partial charge on any atom is -0.378 e. The van der Waals surface area contributed by atoms with Crippen LogP contribution in [0, 0.1) is 5.92 Å². The summed E-state index contributed by atoms with van der Waals surface area (Å²) in [4.78, 5) is 0. The standard InChI is InChI=1S/C14H29NO/c1-3-13-9-5-6-10-14(13)16-12-8-7-11-15-4-2/h13-15H,3-12H2,1-2H3. The zero-order valence-corrected chi connectivity index (χ0v) is 11.1. The van der Waals surface area contributed by atoms with Gasteiger partial charge in [-0.25, -0.2) is 0 Å². The lowest BCUT2D eigenvalue weighted by molar-refractivity contribution is -0.0133. The van der Waals surface area contributed by atoms with Crippen molar-refractivity contribution in [2.45, 2.75) is 64.9 Å². The Morgan fingerprint density at radius 1 is 1.12 bits per heavy atom. The molecule has 1 fully saturated rings. The highest BCUT2D eigenvalue weighted by atomic mass is 16.5. The van der Waals surface area contributed by atoms with E-state index in [0.717, 1.165) is 25.6 Å². The van der Waals surface area contributed by atoms with Crippen molar-refractivity contribution in [1.29, 1.82) is 0 Å². The maximum atomic E-state index is 6.04. The molecule has 96 valence electrons. The van der Waals surface area contributed by atoms with E-state index in [4.69, 9.17) is 4.74 Å². The summed E-state index contributed by atoms with van der Waals surface area (Å²) in [6, 6.07) is 0. The first-order valence-corrected chi connectivity index (χ1v) is 7.20. The average Bonchev–Trinajstić information content (AvgIpc) is 2.34. The van der Waals surface area contributed by atoms with Crippen molar-refractivity contribution >= 4 is 0 Å². The largest absolute Gasteiger partial charge is 0.378 e. The first-order valence-electron chi connectivity index (χ1n) is 7.20. The summed E-state index contributed by atoms with van der Waals surface area (Å²) in [5.41, 5.74) is 0. The molecular weight excluding hydrogens is 198 g/mol. The molecule has 0 bridgehead atoms. The average molecular weight is 227 g/mol. The fourth-order valence-corrected chi connectivity index (χ4v) is 2.62. The molecule has 0 aliphatic heterocycles. The number of ether oxygens (including phenoxy) is 1. The molecule has 2 heteroatoms. The van der Waals surface area contributed by atoms with E-state index in [2.05, 4.69) is 19.2 Å². The molecule has 1 N–H and O–H groups in total. The van der Waals surface area contributed by atoms with Gasteiger partial charge in [-0.2, -0.15) is 0 Å².